The molecule has 0 heterocycles. The monoisotopic (exact) mass is 286 g/mol. The first kappa shape index (κ1) is 15.9. The Bertz CT molecular complexity index is 504. The minimum Gasteiger partial charge on any atom is -0.399 e. The molecule has 0 bridgehead atoms. The third kappa shape index (κ3) is 4.49. The van der Waals surface area contributed by atoms with E-state index in [1.54, 1.807) is 26.0 Å². The van der Waals surface area contributed by atoms with Crippen LogP contribution in [0.2, 0.25) is 0 Å². The first-order chi connectivity index (χ1) is 8.88. The number of unbranched alkanes of at least 4 members (excludes halogenated alkanes) is 2. The third-order valence-electron chi connectivity index (χ3n) is 2.88. The maximum Gasteiger partial charge on any atom is 0.241 e. The lowest BCUT2D eigenvalue weighted by Gasteiger charge is -2.12. The normalized spacial score (nSPS) is 11.7. The Morgan fingerprint density at radius 1 is 1.16 bits per heavy atom. The van der Waals surface area contributed by atoms with Crippen LogP contribution in [0.4, 0.5) is 5.69 Å². The summed E-state index contributed by atoms with van der Waals surface area (Å²) in [7, 11) is -3.49. The van der Waals surface area contributed by atoms with Crippen LogP contribution in [0.25, 0.3) is 0 Å². The van der Waals surface area contributed by atoms with Crippen molar-refractivity contribution in [2.45, 2.75) is 38.0 Å². The fraction of sp³-hybridized carbons (Fsp3) is 0.538. The van der Waals surface area contributed by atoms with Crippen molar-refractivity contribution in [2.24, 2.45) is 0 Å². The fourth-order valence-electron chi connectivity index (χ4n) is 2.10. The van der Waals surface area contributed by atoms with Gasteiger partial charge in [0, 0.05) is 18.8 Å². The van der Waals surface area contributed by atoms with E-state index in [9.17, 15) is 8.42 Å². The van der Waals surface area contributed by atoms with E-state index in [4.69, 9.17) is 10.8 Å². The molecule has 0 spiro atoms. The average molecular weight is 286 g/mol. The number of benzene rings is 1. The molecule has 0 saturated heterocycles. The summed E-state index contributed by atoms with van der Waals surface area (Å²) in [5, 5.41) is 8.65. The Hall–Kier alpha value is -1.11. The van der Waals surface area contributed by atoms with E-state index in [2.05, 4.69) is 4.72 Å². The Morgan fingerprint density at radius 3 is 2.26 bits per heavy atom. The molecule has 6 heteroatoms. The zero-order valence-corrected chi connectivity index (χ0v) is 12.3. The number of aliphatic hydroxyl groups excluding tert-OH is 1. The summed E-state index contributed by atoms with van der Waals surface area (Å²) in [6.45, 7) is 4.00. The zero-order chi connectivity index (χ0) is 14.5. The first-order valence-electron chi connectivity index (χ1n) is 6.35. The molecule has 0 unspecified atom stereocenters. The molecule has 1 rings (SSSR count). The van der Waals surface area contributed by atoms with Gasteiger partial charge in [0.15, 0.2) is 0 Å². The van der Waals surface area contributed by atoms with Crippen molar-refractivity contribution in [1.29, 1.82) is 0 Å². The largest absolute Gasteiger partial charge is 0.399 e. The molecule has 0 saturated carbocycles. The van der Waals surface area contributed by atoms with Crippen LogP contribution in [0.1, 0.15) is 30.4 Å². The first-order valence-corrected chi connectivity index (χ1v) is 7.84. The predicted octanol–water partition coefficient (Wildman–Crippen LogP) is 1.33. The molecular formula is C13H22N2O3S. The summed E-state index contributed by atoms with van der Waals surface area (Å²) in [6.07, 6.45) is 2.22. The van der Waals surface area contributed by atoms with Crippen LogP contribution in [0.5, 0.6) is 0 Å². The van der Waals surface area contributed by atoms with Crippen LogP contribution in [0.3, 0.4) is 0 Å². The van der Waals surface area contributed by atoms with Crippen molar-refractivity contribution in [3.05, 3.63) is 23.3 Å². The standard InChI is InChI=1S/C13H22N2O3S/c1-10-8-12(14)9-11(2)13(10)19(17,18)15-6-4-3-5-7-16/h8-9,15-16H,3-7,14H2,1-2H3. The van der Waals surface area contributed by atoms with Crippen LogP contribution >= 0.6 is 0 Å². The molecule has 0 amide bonds. The van der Waals surface area contributed by atoms with Crippen LogP contribution in [0.15, 0.2) is 17.0 Å². The second kappa shape index (κ2) is 6.88. The predicted molar refractivity (Wildman–Crippen MR) is 76.5 cm³/mol. The molecule has 0 fully saturated rings. The molecule has 0 aliphatic carbocycles. The van der Waals surface area contributed by atoms with E-state index in [0.717, 1.165) is 6.42 Å². The lowest BCUT2D eigenvalue weighted by atomic mass is 10.1. The van der Waals surface area contributed by atoms with Crippen molar-refractivity contribution >= 4 is 15.7 Å². The van der Waals surface area contributed by atoms with Gasteiger partial charge in [-0.2, -0.15) is 0 Å². The smallest absolute Gasteiger partial charge is 0.241 e. The van der Waals surface area contributed by atoms with Gasteiger partial charge in [-0.05, 0) is 56.4 Å². The molecule has 5 nitrogen and oxygen atoms in total. The van der Waals surface area contributed by atoms with Gasteiger partial charge in [-0.3, -0.25) is 0 Å². The molecule has 0 aliphatic rings. The van der Waals surface area contributed by atoms with E-state index in [0.29, 0.717) is 41.1 Å². The lowest BCUT2D eigenvalue weighted by molar-refractivity contribution is 0.283. The van der Waals surface area contributed by atoms with Crippen LogP contribution in [0, 0.1) is 13.8 Å². The summed E-state index contributed by atoms with van der Waals surface area (Å²) in [5.74, 6) is 0. The molecule has 0 aromatic heterocycles. The van der Waals surface area contributed by atoms with Crippen molar-refractivity contribution in [3.63, 3.8) is 0 Å². The third-order valence-corrected chi connectivity index (χ3v) is 4.64. The molecule has 0 atom stereocenters. The molecule has 0 radical (unpaired) electrons. The highest BCUT2D eigenvalue weighted by Crippen LogP contribution is 2.22. The number of anilines is 1. The average Bonchev–Trinajstić information content (AvgIpc) is 2.26. The Labute approximate surface area is 114 Å². The van der Waals surface area contributed by atoms with Crippen LogP contribution < -0.4 is 10.5 Å². The number of nitrogens with one attached hydrogen (secondary N) is 1. The van der Waals surface area contributed by atoms with E-state index in [1.165, 1.54) is 0 Å². The number of aliphatic hydroxyl groups is 1. The number of hydrogen-bond donors (Lipinski definition) is 3. The lowest BCUT2D eigenvalue weighted by Crippen LogP contribution is -2.26. The van der Waals surface area contributed by atoms with E-state index >= 15 is 0 Å². The highest BCUT2D eigenvalue weighted by molar-refractivity contribution is 7.89. The van der Waals surface area contributed by atoms with Gasteiger partial charge in [0.1, 0.15) is 0 Å². The maximum absolute atomic E-state index is 12.2. The number of aryl methyl sites for hydroxylation is 2. The number of hydrogen-bond acceptors (Lipinski definition) is 4. The quantitative estimate of drug-likeness (QED) is 0.521. The SMILES string of the molecule is Cc1cc(N)cc(C)c1S(=O)(=O)NCCCCCO. The number of sulfonamides is 1. The van der Waals surface area contributed by atoms with Gasteiger partial charge in [-0.1, -0.05) is 0 Å². The minimum absolute atomic E-state index is 0.142. The topological polar surface area (TPSA) is 92.4 Å². The second-order valence-electron chi connectivity index (χ2n) is 4.67. The molecule has 1 aromatic rings. The zero-order valence-electron chi connectivity index (χ0n) is 11.4. The van der Waals surface area contributed by atoms with Crippen molar-refractivity contribution in [2.75, 3.05) is 18.9 Å². The molecular weight excluding hydrogens is 264 g/mol. The van der Waals surface area contributed by atoms with Gasteiger partial charge < -0.3 is 10.8 Å². The number of nitrogen functional groups attached to an aromatic ring is 1. The van der Waals surface area contributed by atoms with Crippen LogP contribution in [-0.2, 0) is 10.0 Å². The van der Waals surface area contributed by atoms with Gasteiger partial charge in [0.2, 0.25) is 10.0 Å². The maximum atomic E-state index is 12.2. The van der Waals surface area contributed by atoms with Gasteiger partial charge in [-0.25, -0.2) is 13.1 Å². The van der Waals surface area contributed by atoms with Crippen molar-refractivity contribution in [3.8, 4) is 0 Å². The molecule has 0 aliphatic heterocycles. The molecule has 19 heavy (non-hydrogen) atoms. The molecule has 108 valence electrons. The van der Waals surface area contributed by atoms with Crippen molar-refractivity contribution < 1.29 is 13.5 Å². The van der Waals surface area contributed by atoms with Crippen molar-refractivity contribution in [1.82, 2.24) is 4.72 Å². The molecule has 4 N–H and O–H groups in total. The van der Waals surface area contributed by atoms with Gasteiger partial charge >= 0.3 is 0 Å². The summed E-state index contributed by atoms with van der Waals surface area (Å²) in [4.78, 5) is 0.309. The summed E-state index contributed by atoms with van der Waals surface area (Å²) in [6, 6.07) is 3.32. The van der Waals surface area contributed by atoms with E-state index in [1.807, 2.05) is 0 Å². The van der Waals surface area contributed by atoms with Gasteiger partial charge in [-0.15, -0.1) is 0 Å². The van der Waals surface area contributed by atoms with Gasteiger partial charge in [0.25, 0.3) is 0 Å². The number of rotatable bonds is 7. The Kier molecular flexibility index (Phi) is 5.78. The summed E-state index contributed by atoms with van der Waals surface area (Å²) < 4.78 is 27.0. The number of nitrogens with two attached hydrogens (primary N) is 1. The van der Waals surface area contributed by atoms with Crippen LogP contribution in [-0.4, -0.2) is 26.7 Å². The second-order valence-corrected chi connectivity index (χ2v) is 6.37. The highest BCUT2D eigenvalue weighted by atomic mass is 32.2. The van der Waals surface area contributed by atoms with E-state index in [-0.39, 0.29) is 6.61 Å². The minimum atomic E-state index is -3.49. The molecule has 1 aromatic carbocycles. The van der Waals surface area contributed by atoms with E-state index < -0.39 is 10.0 Å². The fourth-order valence-corrected chi connectivity index (χ4v) is 3.62. The Morgan fingerprint density at radius 2 is 1.74 bits per heavy atom. The van der Waals surface area contributed by atoms with Gasteiger partial charge in [0.05, 0.1) is 4.90 Å². The Balaban J connectivity index is 2.78. The summed E-state index contributed by atoms with van der Waals surface area (Å²) in [5.41, 5.74) is 7.56. The highest BCUT2D eigenvalue weighted by Gasteiger charge is 2.19. The summed E-state index contributed by atoms with van der Waals surface area (Å²) >= 11 is 0.